The first-order valence-corrected chi connectivity index (χ1v) is 7.15. The van der Waals surface area contributed by atoms with E-state index in [9.17, 15) is 9.59 Å². The van der Waals surface area contributed by atoms with Gasteiger partial charge in [0.2, 0.25) is 0 Å². The number of methoxy groups -OCH3 is 1. The molecule has 0 fully saturated rings. The molecule has 0 aliphatic heterocycles. The molecule has 0 spiro atoms. The number of aryl methyl sites for hydroxylation is 1. The van der Waals surface area contributed by atoms with Gasteiger partial charge in [0.05, 0.1) is 24.3 Å². The number of carbonyl (C=O) groups excluding carboxylic acids is 2. The van der Waals surface area contributed by atoms with Crippen LogP contribution >= 0.6 is 0 Å². The number of benzene rings is 2. The normalized spacial score (nSPS) is 9.71. The number of hydrogen-bond acceptors (Lipinski definition) is 5. The third kappa shape index (κ3) is 4.34. The number of nitrogens with zero attached hydrogens (tertiary/aromatic N) is 1. The van der Waals surface area contributed by atoms with E-state index in [4.69, 9.17) is 10.00 Å². The predicted octanol–water partition coefficient (Wildman–Crippen LogP) is 2.67. The Balaban J connectivity index is 2.01. The van der Waals surface area contributed by atoms with Crippen LogP contribution in [0.3, 0.4) is 0 Å². The van der Waals surface area contributed by atoms with Crippen molar-refractivity contribution in [2.45, 2.75) is 6.92 Å². The van der Waals surface area contributed by atoms with Crippen molar-refractivity contribution in [1.29, 1.82) is 5.26 Å². The Bertz CT molecular complexity index is 809. The standard InChI is InChI=1S/C18H16N2O4/c1-12-6-7-14(18(22)23-2)9-16(12)24-11-17(21)20-15-5-3-4-13(8-15)10-19/h3-9H,11H2,1-2H3,(H,20,21). The van der Waals surface area contributed by atoms with Crippen molar-refractivity contribution in [3.63, 3.8) is 0 Å². The summed E-state index contributed by atoms with van der Waals surface area (Å²) in [5.41, 5.74) is 2.11. The smallest absolute Gasteiger partial charge is 0.337 e. The van der Waals surface area contributed by atoms with Crippen LogP contribution < -0.4 is 10.1 Å². The zero-order chi connectivity index (χ0) is 17.5. The van der Waals surface area contributed by atoms with Crippen molar-refractivity contribution >= 4 is 17.6 Å². The van der Waals surface area contributed by atoms with Gasteiger partial charge in [-0.15, -0.1) is 0 Å². The molecule has 24 heavy (non-hydrogen) atoms. The summed E-state index contributed by atoms with van der Waals surface area (Å²) >= 11 is 0. The summed E-state index contributed by atoms with van der Waals surface area (Å²) in [5.74, 6) is -0.413. The van der Waals surface area contributed by atoms with Gasteiger partial charge in [0, 0.05) is 5.69 Å². The van der Waals surface area contributed by atoms with Crippen LogP contribution in [0.5, 0.6) is 5.75 Å². The van der Waals surface area contributed by atoms with Gasteiger partial charge in [0.25, 0.3) is 5.91 Å². The van der Waals surface area contributed by atoms with Gasteiger partial charge >= 0.3 is 5.97 Å². The maximum Gasteiger partial charge on any atom is 0.337 e. The summed E-state index contributed by atoms with van der Waals surface area (Å²) in [5, 5.41) is 11.5. The summed E-state index contributed by atoms with van der Waals surface area (Å²) in [6.45, 7) is 1.59. The highest BCUT2D eigenvalue weighted by Gasteiger charge is 2.10. The van der Waals surface area contributed by atoms with E-state index in [1.807, 2.05) is 13.0 Å². The van der Waals surface area contributed by atoms with Crippen LogP contribution in [0, 0.1) is 18.3 Å². The summed E-state index contributed by atoms with van der Waals surface area (Å²) in [4.78, 5) is 23.5. The quantitative estimate of drug-likeness (QED) is 0.854. The Hall–Kier alpha value is -3.33. The van der Waals surface area contributed by atoms with E-state index in [2.05, 4.69) is 10.1 Å². The van der Waals surface area contributed by atoms with E-state index in [1.165, 1.54) is 13.2 Å². The van der Waals surface area contributed by atoms with Crippen LogP contribution in [0.15, 0.2) is 42.5 Å². The third-order valence-corrected chi connectivity index (χ3v) is 3.24. The third-order valence-electron chi connectivity index (χ3n) is 3.24. The fourth-order valence-electron chi connectivity index (χ4n) is 2.01. The lowest BCUT2D eigenvalue weighted by molar-refractivity contribution is -0.118. The van der Waals surface area contributed by atoms with Crippen LogP contribution in [0.1, 0.15) is 21.5 Å². The Morgan fingerprint density at radius 2 is 2.00 bits per heavy atom. The Kier molecular flexibility index (Phi) is 5.53. The number of esters is 1. The second kappa shape index (κ2) is 7.79. The number of anilines is 1. The largest absolute Gasteiger partial charge is 0.483 e. The molecule has 122 valence electrons. The Morgan fingerprint density at radius 1 is 1.21 bits per heavy atom. The van der Waals surface area contributed by atoms with E-state index < -0.39 is 5.97 Å². The first-order valence-electron chi connectivity index (χ1n) is 7.15. The van der Waals surface area contributed by atoms with Gasteiger partial charge in [0.15, 0.2) is 6.61 Å². The van der Waals surface area contributed by atoms with Crippen LogP contribution in [-0.4, -0.2) is 25.6 Å². The van der Waals surface area contributed by atoms with Gasteiger partial charge in [-0.05, 0) is 42.8 Å². The van der Waals surface area contributed by atoms with Gasteiger partial charge in [-0.2, -0.15) is 5.26 Å². The van der Waals surface area contributed by atoms with Gasteiger partial charge in [-0.25, -0.2) is 4.79 Å². The lowest BCUT2D eigenvalue weighted by Crippen LogP contribution is -2.20. The minimum absolute atomic E-state index is 0.220. The first-order chi connectivity index (χ1) is 11.5. The summed E-state index contributed by atoms with van der Waals surface area (Å²) in [6.07, 6.45) is 0. The fraction of sp³-hybridized carbons (Fsp3) is 0.167. The van der Waals surface area contributed by atoms with Crippen LogP contribution in [0.2, 0.25) is 0 Å². The minimum Gasteiger partial charge on any atom is -0.483 e. The molecule has 1 N–H and O–H groups in total. The van der Waals surface area contributed by atoms with Crippen molar-refractivity contribution in [2.75, 3.05) is 19.0 Å². The summed E-state index contributed by atoms with van der Waals surface area (Å²) in [6, 6.07) is 13.5. The molecule has 0 bridgehead atoms. The lowest BCUT2D eigenvalue weighted by atomic mass is 10.1. The summed E-state index contributed by atoms with van der Waals surface area (Å²) in [7, 11) is 1.30. The van der Waals surface area contributed by atoms with E-state index in [0.717, 1.165) is 5.56 Å². The lowest BCUT2D eigenvalue weighted by Gasteiger charge is -2.11. The molecule has 0 unspecified atom stereocenters. The van der Waals surface area contributed by atoms with Crippen LogP contribution in [0.25, 0.3) is 0 Å². The Morgan fingerprint density at radius 3 is 2.71 bits per heavy atom. The number of carbonyl (C=O) groups is 2. The number of amides is 1. The number of rotatable bonds is 5. The highest BCUT2D eigenvalue weighted by molar-refractivity contribution is 5.92. The van der Waals surface area contributed by atoms with Crippen LogP contribution in [0.4, 0.5) is 5.69 Å². The molecule has 0 saturated heterocycles. The van der Waals surface area contributed by atoms with Gasteiger partial charge in [-0.1, -0.05) is 12.1 Å². The molecule has 6 heteroatoms. The molecule has 0 atom stereocenters. The van der Waals surface area contributed by atoms with Crippen molar-refractivity contribution < 1.29 is 19.1 Å². The molecule has 2 aromatic carbocycles. The molecule has 0 aliphatic rings. The number of nitrogens with one attached hydrogen (secondary N) is 1. The topological polar surface area (TPSA) is 88.4 Å². The SMILES string of the molecule is COC(=O)c1ccc(C)c(OCC(=O)Nc2cccc(C#N)c2)c1. The van der Waals surface area contributed by atoms with E-state index in [0.29, 0.717) is 22.6 Å². The molecule has 0 aromatic heterocycles. The van der Waals surface area contributed by atoms with E-state index >= 15 is 0 Å². The maximum absolute atomic E-state index is 12.0. The van der Waals surface area contributed by atoms with Gasteiger partial charge in [-0.3, -0.25) is 4.79 Å². The van der Waals surface area contributed by atoms with Gasteiger partial charge in [0.1, 0.15) is 5.75 Å². The van der Waals surface area contributed by atoms with Crippen molar-refractivity contribution in [3.8, 4) is 11.8 Å². The molecule has 1 amide bonds. The molecular weight excluding hydrogens is 308 g/mol. The van der Waals surface area contributed by atoms with E-state index in [1.54, 1.807) is 36.4 Å². The average Bonchev–Trinajstić information content (AvgIpc) is 2.60. The zero-order valence-electron chi connectivity index (χ0n) is 13.3. The average molecular weight is 324 g/mol. The first kappa shape index (κ1) is 17.0. The molecule has 6 nitrogen and oxygen atoms in total. The highest BCUT2D eigenvalue weighted by atomic mass is 16.5. The second-order valence-electron chi connectivity index (χ2n) is 5.00. The molecule has 0 heterocycles. The fourth-order valence-corrected chi connectivity index (χ4v) is 2.01. The van der Waals surface area contributed by atoms with Gasteiger partial charge < -0.3 is 14.8 Å². The summed E-state index contributed by atoms with van der Waals surface area (Å²) < 4.78 is 10.1. The second-order valence-corrected chi connectivity index (χ2v) is 5.00. The monoisotopic (exact) mass is 324 g/mol. The predicted molar refractivity (Wildman–Crippen MR) is 87.8 cm³/mol. The molecule has 0 saturated carbocycles. The molecule has 0 radical (unpaired) electrons. The van der Waals surface area contributed by atoms with Crippen molar-refractivity contribution in [3.05, 3.63) is 59.2 Å². The minimum atomic E-state index is -0.474. The zero-order valence-corrected chi connectivity index (χ0v) is 13.3. The van der Waals surface area contributed by atoms with Crippen molar-refractivity contribution in [1.82, 2.24) is 0 Å². The maximum atomic E-state index is 12.0. The van der Waals surface area contributed by atoms with Crippen LogP contribution in [-0.2, 0) is 9.53 Å². The number of nitriles is 1. The molecular formula is C18H16N2O4. The number of hydrogen-bond donors (Lipinski definition) is 1. The highest BCUT2D eigenvalue weighted by Crippen LogP contribution is 2.20. The number of ether oxygens (including phenoxy) is 2. The van der Waals surface area contributed by atoms with Crippen molar-refractivity contribution in [2.24, 2.45) is 0 Å². The van der Waals surface area contributed by atoms with E-state index in [-0.39, 0.29) is 12.5 Å². The Labute approximate surface area is 139 Å². The molecule has 2 aromatic rings. The molecule has 2 rings (SSSR count). The molecule has 0 aliphatic carbocycles.